The van der Waals surface area contributed by atoms with Crippen molar-refractivity contribution in [3.8, 4) is 0 Å². The number of nitrogens with zero attached hydrogens (tertiary/aromatic N) is 1. The maximum atomic E-state index is 14.0. The Bertz CT molecular complexity index is 668. The van der Waals surface area contributed by atoms with Crippen LogP contribution >= 0.6 is 11.8 Å². The van der Waals surface area contributed by atoms with Gasteiger partial charge in [0.2, 0.25) is 0 Å². The zero-order chi connectivity index (χ0) is 31.6. The van der Waals surface area contributed by atoms with Crippen LogP contribution in [0.5, 0.6) is 0 Å². The zero-order valence-electron chi connectivity index (χ0n) is 29.4. The number of nitrogens with two attached hydrogens (primary N) is 2. The molecule has 0 aromatic heterocycles. The molecule has 1 heterocycles. The number of thioether (sulfide) groups is 1. The standard InChI is InChI=1S/C36H74N4OS/c1-9-17-21-29(13-5)25-35(37,26-30(14-6)22-18-10-2)33-39-40(34(41)42-33)36(38,27-31(15-7)23-19-11-3)28-32(16-8)24-20-12-4/h29-33,39H,9-28,37-38H2,1-8H3. The summed E-state index contributed by atoms with van der Waals surface area (Å²) in [7, 11) is 0. The first kappa shape index (κ1) is 39.7. The van der Waals surface area contributed by atoms with Crippen molar-refractivity contribution in [3.05, 3.63) is 0 Å². The summed E-state index contributed by atoms with van der Waals surface area (Å²) in [5.74, 6) is 2.23. The van der Waals surface area contributed by atoms with Gasteiger partial charge >= 0.3 is 0 Å². The number of carbonyl (C=O) groups is 1. The molecule has 0 radical (unpaired) electrons. The van der Waals surface area contributed by atoms with Crippen molar-refractivity contribution in [2.24, 2.45) is 35.1 Å². The summed E-state index contributed by atoms with van der Waals surface area (Å²) < 4.78 is 0. The lowest BCUT2D eigenvalue weighted by atomic mass is 9.76. The first-order chi connectivity index (χ1) is 20.1. The zero-order valence-corrected chi connectivity index (χ0v) is 30.3. The van der Waals surface area contributed by atoms with E-state index in [2.05, 4.69) is 60.8 Å². The molecule has 1 rings (SSSR count). The van der Waals surface area contributed by atoms with E-state index in [1.54, 1.807) is 0 Å². The Balaban J connectivity index is 3.40. The Hall–Kier alpha value is -0.300. The number of amides is 1. The van der Waals surface area contributed by atoms with Crippen LogP contribution in [-0.2, 0) is 0 Å². The molecule has 0 saturated carbocycles. The highest BCUT2D eigenvalue weighted by Gasteiger charge is 2.50. The van der Waals surface area contributed by atoms with Crippen molar-refractivity contribution >= 4 is 17.0 Å². The first-order valence-corrected chi connectivity index (χ1v) is 19.3. The largest absolute Gasteiger partial charge is 0.323 e. The molecule has 42 heavy (non-hydrogen) atoms. The van der Waals surface area contributed by atoms with Crippen LogP contribution in [0.3, 0.4) is 0 Å². The van der Waals surface area contributed by atoms with Crippen LogP contribution in [0, 0.1) is 23.7 Å². The predicted octanol–water partition coefficient (Wildman–Crippen LogP) is 10.8. The number of nitrogens with one attached hydrogen (secondary N) is 1. The molecule has 1 aliphatic rings. The van der Waals surface area contributed by atoms with Crippen molar-refractivity contribution in [1.82, 2.24) is 10.4 Å². The molecule has 1 saturated heterocycles. The van der Waals surface area contributed by atoms with Crippen LogP contribution in [0.4, 0.5) is 4.79 Å². The van der Waals surface area contributed by atoms with Crippen molar-refractivity contribution in [2.75, 3.05) is 0 Å². The van der Waals surface area contributed by atoms with Gasteiger partial charge in [0.15, 0.2) is 0 Å². The van der Waals surface area contributed by atoms with Gasteiger partial charge in [-0.25, -0.2) is 10.4 Å². The van der Waals surface area contributed by atoms with E-state index in [1.807, 2.05) is 5.01 Å². The lowest BCUT2D eigenvalue weighted by Crippen LogP contribution is -2.65. The quantitative estimate of drug-likeness (QED) is 0.0907. The van der Waals surface area contributed by atoms with E-state index in [9.17, 15) is 4.79 Å². The summed E-state index contributed by atoms with van der Waals surface area (Å²) in [4.78, 5) is 14.0. The third-order valence-electron chi connectivity index (χ3n) is 10.4. The van der Waals surface area contributed by atoms with Gasteiger partial charge in [-0.15, -0.1) is 0 Å². The van der Waals surface area contributed by atoms with E-state index in [1.165, 1.54) is 88.8 Å². The summed E-state index contributed by atoms with van der Waals surface area (Å²) in [5, 5.41) is 1.84. The molecule has 0 bridgehead atoms. The van der Waals surface area contributed by atoms with Gasteiger partial charge in [0.05, 0.1) is 5.37 Å². The number of carbonyl (C=O) groups excluding carboxylic acids is 1. The maximum Gasteiger partial charge on any atom is 0.299 e. The van der Waals surface area contributed by atoms with Gasteiger partial charge < -0.3 is 11.5 Å². The Morgan fingerprint density at radius 3 is 1.29 bits per heavy atom. The Morgan fingerprint density at radius 1 is 0.643 bits per heavy atom. The fraction of sp³-hybridized carbons (Fsp3) is 0.972. The normalized spacial score (nSPS) is 21.6. The average Bonchev–Trinajstić information content (AvgIpc) is 3.40. The van der Waals surface area contributed by atoms with Crippen LogP contribution in [-0.4, -0.2) is 26.8 Å². The molecule has 5 N–H and O–H groups in total. The molecule has 5 atom stereocenters. The van der Waals surface area contributed by atoms with E-state index < -0.39 is 11.2 Å². The highest BCUT2D eigenvalue weighted by molar-refractivity contribution is 8.14. The van der Waals surface area contributed by atoms with Gasteiger partial charge in [0.1, 0.15) is 5.66 Å². The highest BCUT2D eigenvalue weighted by Crippen LogP contribution is 2.43. The smallest absolute Gasteiger partial charge is 0.299 e. The van der Waals surface area contributed by atoms with Gasteiger partial charge in [0.25, 0.3) is 5.24 Å². The summed E-state index contributed by atoms with van der Waals surface area (Å²) in [5.41, 5.74) is 17.6. The third kappa shape index (κ3) is 13.0. The molecule has 0 aliphatic carbocycles. The fourth-order valence-electron chi connectivity index (χ4n) is 7.32. The fourth-order valence-corrected chi connectivity index (χ4v) is 8.44. The van der Waals surface area contributed by atoms with E-state index in [0.29, 0.717) is 23.7 Å². The van der Waals surface area contributed by atoms with Gasteiger partial charge in [-0.3, -0.25) is 4.79 Å². The molecule has 250 valence electrons. The molecule has 1 aliphatic heterocycles. The van der Waals surface area contributed by atoms with Gasteiger partial charge in [-0.2, -0.15) is 0 Å². The van der Waals surface area contributed by atoms with Crippen molar-refractivity contribution in [3.63, 3.8) is 0 Å². The molecular weight excluding hydrogens is 536 g/mol. The van der Waals surface area contributed by atoms with Crippen molar-refractivity contribution in [1.29, 1.82) is 0 Å². The van der Waals surface area contributed by atoms with E-state index in [4.69, 9.17) is 11.5 Å². The van der Waals surface area contributed by atoms with E-state index in [0.717, 1.165) is 51.4 Å². The molecule has 0 aromatic rings. The second-order valence-electron chi connectivity index (χ2n) is 14.0. The van der Waals surface area contributed by atoms with Crippen LogP contribution in [0.1, 0.15) is 184 Å². The minimum absolute atomic E-state index is 0.0798. The second-order valence-corrected chi connectivity index (χ2v) is 15.1. The molecule has 0 aromatic carbocycles. The van der Waals surface area contributed by atoms with Crippen LogP contribution in [0.2, 0.25) is 0 Å². The SMILES string of the molecule is CCCCC(CC)CC(N)(CC(CC)CCCC)C1NN(C(N)(CC(CC)CCCC)CC(CC)CCCC)C(=O)S1. The summed E-state index contributed by atoms with van der Waals surface area (Å²) >= 11 is 1.44. The highest BCUT2D eigenvalue weighted by atomic mass is 32.2. The minimum Gasteiger partial charge on any atom is -0.323 e. The van der Waals surface area contributed by atoms with Crippen molar-refractivity contribution < 1.29 is 4.79 Å². The average molecular weight is 611 g/mol. The number of hydrogen-bond acceptors (Lipinski definition) is 5. The number of hydrogen-bond donors (Lipinski definition) is 3. The maximum absolute atomic E-state index is 14.0. The third-order valence-corrected chi connectivity index (χ3v) is 11.6. The van der Waals surface area contributed by atoms with E-state index >= 15 is 0 Å². The molecule has 1 amide bonds. The molecule has 0 spiro atoms. The topological polar surface area (TPSA) is 84.4 Å². The lowest BCUT2D eigenvalue weighted by Gasteiger charge is -2.44. The molecule has 5 nitrogen and oxygen atoms in total. The van der Waals surface area contributed by atoms with Gasteiger partial charge in [-0.1, -0.05) is 158 Å². The molecular formula is C36H74N4OS. The lowest BCUT2D eigenvalue weighted by molar-refractivity contribution is 0.0334. The van der Waals surface area contributed by atoms with Crippen LogP contribution in [0.15, 0.2) is 0 Å². The van der Waals surface area contributed by atoms with Gasteiger partial charge in [0, 0.05) is 5.54 Å². The van der Waals surface area contributed by atoms with Gasteiger partial charge in [-0.05, 0) is 61.1 Å². The Kier molecular flexibility index (Phi) is 20.3. The number of rotatable bonds is 26. The number of hydrazine groups is 1. The minimum atomic E-state index is -0.693. The predicted molar refractivity (Wildman–Crippen MR) is 187 cm³/mol. The summed E-state index contributed by atoms with van der Waals surface area (Å²) in [6, 6.07) is 0. The first-order valence-electron chi connectivity index (χ1n) is 18.4. The summed E-state index contributed by atoms with van der Waals surface area (Å²) in [6.07, 6.45) is 22.7. The molecule has 5 unspecified atom stereocenters. The van der Waals surface area contributed by atoms with Crippen molar-refractivity contribution in [2.45, 2.75) is 200 Å². The summed E-state index contributed by atoms with van der Waals surface area (Å²) in [6.45, 7) is 18.3. The molecule has 1 fully saturated rings. The second kappa shape index (κ2) is 21.4. The van der Waals surface area contributed by atoms with E-state index in [-0.39, 0.29) is 10.6 Å². The Morgan fingerprint density at radius 2 is 0.976 bits per heavy atom. The Labute approximate surface area is 267 Å². The molecule has 6 heteroatoms. The van der Waals surface area contributed by atoms with Crippen LogP contribution in [0.25, 0.3) is 0 Å². The monoisotopic (exact) mass is 611 g/mol. The number of unbranched alkanes of at least 4 members (excludes halogenated alkanes) is 4. The van der Waals surface area contributed by atoms with Crippen LogP contribution < -0.4 is 16.9 Å².